The van der Waals surface area contributed by atoms with Crippen LogP contribution in [-0.2, 0) is 6.18 Å². The molecule has 30 heavy (non-hydrogen) atoms. The largest absolute Gasteiger partial charge is 0.465 e. The number of fused-ring (bicyclic) bond motifs is 2. The standard InChI is InChI=1S/C19H11F3N4O4/c20-19(21,22)15-17(27)25-14-13(7-8-23-16(14)26-15)30-12-6-5-11(24-18(28)29)9-3-1-2-4-10(9)12/h1-8,24H,(H,25,27)(H,28,29). The van der Waals surface area contributed by atoms with E-state index in [0.29, 0.717) is 16.5 Å². The third-order valence-corrected chi connectivity index (χ3v) is 4.18. The Morgan fingerprint density at radius 3 is 2.50 bits per heavy atom. The number of aromatic nitrogens is 3. The van der Waals surface area contributed by atoms with Crippen molar-refractivity contribution < 1.29 is 27.8 Å². The van der Waals surface area contributed by atoms with Crippen LogP contribution in [0.15, 0.2) is 53.5 Å². The molecule has 2 aromatic heterocycles. The summed E-state index contributed by atoms with van der Waals surface area (Å²) in [5, 5.41) is 12.3. The molecule has 0 aliphatic carbocycles. The van der Waals surface area contributed by atoms with Gasteiger partial charge in [-0.05, 0) is 12.1 Å². The maximum absolute atomic E-state index is 12.9. The first kappa shape index (κ1) is 19.2. The van der Waals surface area contributed by atoms with Crippen LogP contribution in [0.4, 0.5) is 23.7 Å². The molecule has 2 heterocycles. The Morgan fingerprint density at radius 1 is 1.07 bits per heavy atom. The van der Waals surface area contributed by atoms with E-state index in [2.05, 4.69) is 20.3 Å². The smallest absolute Gasteiger partial charge is 0.438 e. The van der Waals surface area contributed by atoms with Gasteiger partial charge >= 0.3 is 12.3 Å². The molecule has 3 N–H and O–H groups in total. The molecule has 11 heteroatoms. The molecule has 4 aromatic rings. The number of carbonyl (C=O) groups is 1. The van der Waals surface area contributed by atoms with Crippen molar-refractivity contribution in [2.45, 2.75) is 6.18 Å². The van der Waals surface area contributed by atoms with Crippen LogP contribution in [0.25, 0.3) is 21.9 Å². The van der Waals surface area contributed by atoms with Gasteiger partial charge in [0.25, 0.3) is 5.56 Å². The number of pyridine rings is 1. The van der Waals surface area contributed by atoms with Gasteiger partial charge in [-0.3, -0.25) is 10.1 Å². The number of benzene rings is 2. The zero-order valence-corrected chi connectivity index (χ0v) is 14.8. The fraction of sp³-hybridized carbons (Fsp3) is 0.0526. The first-order valence-corrected chi connectivity index (χ1v) is 8.40. The molecular formula is C19H11F3N4O4. The van der Waals surface area contributed by atoms with Crippen LogP contribution in [0, 0.1) is 0 Å². The molecule has 0 aliphatic rings. The molecule has 152 valence electrons. The van der Waals surface area contributed by atoms with Crippen molar-refractivity contribution in [3.05, 3.63) is 64.7 Å². The van der Waals surface area contributed by atoms with E-state index in [1.54, 1.807) is 24.3 Å². The van der Waals surface area contributed by atoms with Crippen molar-refractivity contribution in [2.24, 2.45) is 0 Å². The molecule has 4 rings (SSSR count). The van der Waals surface area contributed by atoms with E-state index in [1.165, 1.54) is 24.4 Å². The molecule has 0 bridgehead atoms. The maximum atomic E-state index is 12.9. The Labute approximate surface area is 165 Å². The highest BCUT2D eigenvalue weighted by molar-refractivity contribution is 6.02. The second-order valence-corrected chi connectivity index (χ2v) is 6.11. The lowest BCUT2D eigenvalue weighted by Crippen LogP contribution is -2.24. The summed E-state index contributed by atoms with van der Waals surface area (Å²) in [4.78, 5) is 32.1. The summed E-state index contributed by atoms with van der Waals surface area (Å²) < 4.78 is 44.7. The molecule has 0 unspecified atom stereocenters. The van der Waals surface area contributed by atoms with Crippen molar-refractivity contribution in [1.29, 1.82) is 0 Å². The Morgan fingerprint density at radius 2 is 1.80 bits per heavy atom. The lowest BCUT2D eigenvalue weighted by Gasteiger charge is -2.13. The molecule has 0 spiro atoms. The fourth-order valence-electron chi connectivity index (χ4n) is 2.95. The van der Waals surface area contributed by atoms with Crippen molar-refractivity contribution in [1.82, 2.24) is 15.0 Å². The normalized spacial score (nSPS) is 11.6. The fourth-order valence-corrected chi connectivity index (χ4v) is 2.95. The number of carboxylic acid groups (broad SMARTS) is 1. The summed E-state index contributed by atoms with van der Waals surface area (Å²) in [6.07, 6.45) is -4.96. The Kier molecular flexibility index (Phi) is 4.49. The van der Waals surface area contributed by atoms with E-state index >= 15 is 0 Å². The van der Waals surface area contributed by atoms with Gasteiger partial charge in [-0.15, -0.1) is 0 Å². The number of H-pyrrole nitrogens is 1. The number of hydrogen-bond acceptors (Lipinski definition) is 5. The Hall–Kier alpha value is -4.15. The highest BCUT2D eigenvalue weighted by atomic mass is 19.4. The van der Waals surface area contributed by atoms with E-state index < -0.39 is 23.5 Å². The number of hydrogen-bond donors (Lipinski definition) is 3. The van der Waals surface area contributed by atoms with Crippen molar-refractivity contribution in [2.75, 3.05) is 5.32 Å². The van der Waals surface area contributed by atoms with Gasteiger partial charge in [-0.25, -0.2) is 14.8 Å². The molecule has 0 aliphatic heterocycles. The quantitative estimate of drug-likeness (QED) is 0.457. The third kappa shape index (κ3) is 3.48. The first-order chi connectivity index (χ1) is 14.2. The SMILES string of the molecule is O=C(O)Nc1ccc(Oc2ccnc3nc(C(F)(F)F)c(=O)[nH]c23)c2ccccc12. The van der Waals surface area contributed by atoms with Crippen molar-refractivity contribution >= 4 is 33.7 Å². The van der Waals surface area contributed by atoms with Crippen LogP contribution in [0.3, 0.4) is 0 Å². The molecule has 0 saturated carbocycles. The van der Waals surface area contributed by atoms with E-state index in [1.807, 2.05) is 0 Å². The van der Waals surface area contributed by atoms with Gasteiger partial charge in [0.2, 0.25) is 5.69 Å². The average molecular weight is 416 g/mol. The van der Waals surface area contributed by atoms with Crippen LogP contribution in [0.5, 0.6) is 11.5 Å². The minimum atomic E-state index is -4.93. The van der Waals surface area contributed by atoms with Gasteiger partial charge in [-0.2, -0.15) is 13.2 Å². The number of nitrogens with one attached hydrogen (secondary N) is 2. The lowest BCUT2D eigenvalue weighted by molar-refractivity contribution is -0.142. The Bertz CT molecular complexity index is 1350. The third-order valence-electron chi connectivity index (χ3n) is 4.18. The van der Waals surface area contributed by atoms with E-state index in [0.717, 1.165) is 0 Å². The predicted molar refractivity (Wildman–Crippen MR) is 101 cm³/mol. The number of rotatable bonds is 3. The number of aromatic amines is 1. The van der Waals surface area contributed by atoms with Gasteiger partial charge in [0, 0.05) is 23.0 Å². The average Bonchev–Trinajstić information content (AvgIpc) is 2.68. The summed E-state index contributed by atoms with van der Waals surface area (Å²) in [6, 6.07) is 11.1. The van der Waals surface area contributed by atoms with Crippen molar-refractivity contribution in [3.63, 3.8) is 0 Å². The second-order valence-electron chi connectivity index (χ2n) is 6.11. The summed E-state index contributed by atoms with van der Waals surface area (Å²) in [6.45, 7) is 0. The second kappa shape index (κ2) is 7.03. The molecule has 8 nitrogen and oxygen atoms in total. The molecular weight excluding hydrogens is 405 g/mol. The highest BCUT2D eigenvalue weighted by Gasteiger charge is 2.36. The minimum Gasteiger partial charge on any atom is -0.465 e. The van der Waals surface area contributed by atoms with E-state index in [-0.39, 0.29) is 22.7 Å². The molecule has 0 fully saturated rings. The summed E-state index contributed by atoms with van der Waals surface area (Å²) in [7, 11) is 0. The zero-order valence-electron chi connectivity index (χ0n) is 14.8. The number of alkyl halides is 3. The van der Waals surface area contributed by atoms with Gasteiger partial charge in [0.05, 0.1) is 5.69 Å². The molecule has 2 aromatic carbocycles. The van der Waals surface area contributed by atoms with Crippen molar-refractivity contribution in [3.8, 4) is 11.5 Å². The number of amides is 1. The maximum Gasteiger partial charge on any atom is 0.438 e. The van der Waals surface area contributed by atoms with Gasteiger partial charge in [0.15, 0.2) is 11.4 Å². The summed E-state index contributed by atoms with van der Waals surface area (Å²) in [5.41, 5.74) is -3.14. The first-order valence-electron chi connectivity index (χ1n) is 8.40. The zero-order chi connectivity index (χ0) is 21.5. The van der Waals surface area contributed by atoms with Crippen LogP contribution in [-0.4, -0.2) is 26.2 Å². The number of halogens is 3. The van der Waals surface area contributed by atoms with Gasteiger partial charge < -0.3 is 14.8 Å². The summed E-state index contributed by atoms with van der Waals surface area (Å²) in [5.74, 6) is 0.317. The van der Waals surface area contributed by atoms with E-state index in [9.17, 15) is 22.8 Å². The molecule has 0 atom stereocenters. The van der Waals surface area contributed by atoms with Crippen LogP contribution < -0.4 is 15.6 Å². The lowest BCUT2D eigenvalue weighted by atomic mass is 10.1. The minimum absolute atomic E-state index is 0.0300. The van der Waals surface area contributed by atoms with Crippen LogP contribution in [0.2, 0.25) is 0 Å². The molecule has 1 amide bonds. The Balaban J connectivity index is 1.84. The number of nitrogens with zero attached hydrogens (tertiary/aromatic N) is 2. The monoisotopic (exact) mass is 416 g/mol. The van der Waals surface area contributed by atoms with Gasteiger partial charge in [-0.1, -0.05) is 24.3 Å². The van der Waals surface area contributed by atoms with E-state index in [4.69, 9.17) is 9.84 Å². The predicted octanol–water partition coefficient (Wildman–Crippen LogP) is 4.37. The van der Waals surface area contributed by atoms with Crippen LogP contribution >= 0.6 is 0 Å². The molecule has 0 saturated heterocycles. The number of anilines is 1. The summed E-state index contributed by atoms with van der Waals surface area (Å²) >= 11 is 0. The molecule has 0 radical (unpaired) electrons. The van der Waals surface area contributed by atoms with Gasteiger partial charge in [0.1, 0.15) is 11.3 Å². The highest BCUT2D eigenvalue weighted by Crippen LogP contribution is 2.36. The van der Waals surface area contributed by atoms with Crippen LogP contribution in [0.1, 0.15) is 5.69 Å². The number of ether oxygens (including phenoxy) is 1. The topological polar surface area (TPSA) is 117 Å².